The van der Waals surface area contributed by atoms with Gasteiger partial charge in [-0.05, 0) is 56.7 Å². The summed E-state index contributed by atoms with van der Waals surface area (Å²) in [5.74, 6) is -0.237. The lowest BCUT2D eigenvalue weighted by molar-refractivity contribution is 0.0909. The maximum Gasteiger partial charge on any atom is 0.267 e. The third kappa shape index (κ3) is 4.87. The normalized spacial score (nSPS) is 19.3. The Hall–Kier alpha value is -2.74. The van der Waals surface area contributed by atoms with Crippen molar-refractivity contribution in [1.82, 2.24) is 25.0 Å². The van der Waals surface area contributed by atoms with Crippen LogP contribution in [0.1, 0.15) is 53.7 Å². The fourth-order valence-corrected chi connectivity index (χ4v) is 4.47. The highest BCUT2D eigenvalue weighted by atomic mass is 16.2. The highest BCUT2D eigenvalue weighted by molar-refractivity contribution is 5.93. The van der Waals surface area contributed by atoms with Crippen LogP contribution in [0.5, 0.6) is 0 Å². The number of fused-ring (bicyclic) bond motifs is 1. The number of aromatic amines is 1. The Morgan fingerprint density at radius 1 is 1.13 bits per heavy atom. The van der Waals surface area contributed by atoms with Crippen LogP contribution in [-0.4, -0.2) is 51.2 Å². The molecule has 0 saturated carbocycles. The van der Waals surface area contributed by atoms with E-state index in [1.807, 2.05) is 0 Å². The summed E-state index contributed by atoms with van der Waals surface area (Å²) in [5.41, 5.74) is 2.24. The van der Waals surface area contributed by atoms with Crippen LogP contribution in [-0.2, 0) is 19.4 Å². The first kappa shape index (κ1) is 20.5. The molecule has 0 bridgehead atoms. The minimum Gasteiger partial charge on any atom is -0.350 e. The third-order valence-corrected chi connectivity index (χ3v) is 6.16. The molecule has 1 aliphatic heterocycles. The Balaban J connectivity index is 1.36. The van der Waals surface area contributed by atoms with Crippen molar-refractivity contribution in [2.75, 3.05) is 19.6 Å². The summed E-state index contributed by atoms with van der Waals surface area (Å²) >= 11 is 0. The molecule has 2 aromatic heterocycles. The van der Waals surface area contributed by atoms with Crippen molar-refractivity contribution in [1.29, 1.82) is 0 Å². The number of aromatic nitrogens is 3. The minimum absolute atomic E-state index is 0.0215. The van der Waals surface area contributed by atoms with Crippen molar-refractivity contribution in [2.24, 2.45) is 0 Å². The van der Waals surface area contributed by atoms with Gasteiger partial charge in [-0.2, -0.15) is 5.10 Å². The van der Waals surface area contributed by atoms with Gasteiger partial charge in [0.05, 0.1) is 12.2 Å². The lowest BCUT2D eigenvalue weighted by Gasteiger charge is -2.35. The summed E-state index contributed by atoms with van der Waals surface area (Å²) in [7, 11) is 0. The average Bonchev–Trinajstić information content (AvgIpc) is 2.76. The molecular weight excluding hydrogens is 382 g/mol. The molecule has 1 amide bonds. The summed E-state index contributed by atoms with van der Waals surface area (Å²) in [6.07, 6.45) is 8.91. The van der Waals surface area contributed by atoms with Crippen molar-refractivity contribution < 1.29 is 4.79 Å². The Labute approximate surface area is 175 Å². The standard InChI is InChI=1S/C22H29N5O3/c28-20-13-17(8-9-23-20)22(30)24-15-18-6-3-4-10-26(18)11-12-27-21(29)14-16-5-1-2-7-19(16)25-27/h8-9,13-14,18H,1-7,10-12,15H2,(H,23,28)(H,24,30). The minimum atomic E-state index is -0.287. The van der Waals surface area contributed by atoms with E-state index in [9.17, 15) is 14.4 Å². The summed E-state index contributed by atoms with van der Waals surface area (Å²) in [6, 6.07) is 4.89. The molecule has 4 rings (SSSR count). The maximum absolute atomic E-state index is 12.4. The summed E-state index contributed by atoms with van der Waals surface area (Å²) in [5, 5.41) is 7.58. The van der Waals surface area contributed by atoms with Gasteiger partial charge in [0.1, 0.15) is 0 Å². The molecule has 0 radical (unpaired) electrons. The van der Waals surface area contributed by atoms with Crippen LogP contribution < -0.4 is 16.4 Å². The van der Waals surface area contributed by atoms with E-state index in [-0.39, 0.29) is 23.1 Å². The number of carbonyl (C=O) groups is 1. The molecule has 1 unspecified atom stereocenters. The molecule has 1 aliphatic carbocycles. The number of carbonyl (C=O) groups excluding carboxylic acids is 1. The molecule has 8 nitrogen and oxygen atoms in total. The molecule has 30 heavy (non-hydrogen) atoms. The van der Waals surface area contributed by atoms with E-state index in [4.69, 9.17) is 0 Å². The van der Waals surface area contributed by atoms with E-state index >= 15 is 0 Å². The number of H-pyrrole nitrogens is 1. The monoisotopic (exact) mass is 411 g/mol. The second-order valence-electron chi connectivity index (χ2n) is 8.22. The number of nitrogens with one attached hydrogen (secondary N) is 2. The van der Waals surface area contributed by atoms with Gasteiger partial charge < -0.3 is 10.3 Å². The molecule has 1 atom stereocenters. The number of pyridine rings is 1. The fourth-order valence-electron chi connectivity index (χ4n) is 4.47. The van der Waals surface area contributed by atoms with Crippen LogP contribution >= 0.6 is 0 Å². The van der Waals surface area contributed by atoms with E-state index in [1.165, 1.54) is 12.3 Å². The molecule has 1 fully saturated rings. The quantitative estimate of drug-likeness (QED) is 0.741. The Kier molecular flexibility index (Phi) is 6.42. The van der Waals surface area contributed by atoms with Crippen molar-refractivity contribution in [3.8, 4) is 0 Å². The SMILES string of the molecule is O=C(NCC1CCCCN1CCn1nc2c(cc1=O)CCCC2)c1cc[nH]c(=O)c1. The molecule has 3 heterocycles. The van der Waals surface area contributed by atoms with E-state index in [0.717, 1.165) is 69.3 Å². The Bertz CT molecular complexity index is 1010. The van der Waals surface area contributed by atoms with Crippen LogP contribution in [0.2, 0.25) is 0 Å². The number of amides is 1. The van der Waals surface area contributed by atoms with E-state index in [0.29, 0.717) is 18.7 Å². The summed E-state index contributed by atoms with van der Waals surface area (Å²) in [6.45, 7) is 2.77. The smallest absolute Gasteiger partial charge is 0.267 e. The molecule has 8 heteroatoms. The first-order valence-electron chi connectivity index (χ1n) is 10.9. The van der Waals surface area contributed by atoms with Crippen LogP contribution in [0.15, 0.2) is 34.0 Å². The average molecular weight is 412 g/mol. The van der Waals surface area contributed by atoms with Crippen molar-refractivity contribution >= 4 is 5.91 Å². The van der Waals surface area contributed by atoms with E-state index in [2.05, 4.69) is 20.3 Å². The van der Waals surface area contributed by atoms with Crippen LogP contribution in [0, 0.1) is 0 Å². The van der Waals surface area contributed by atoms with Crippen LogP contribution in [0.25, 0.3) is 0 Å². The van der Waals surface area contributed by atoms with Gasteiger partial charge in [-0.1, -0.05) is 6.42 Å². The molecular formula is C22H29N5O3. The lowest BCUT2D eigenvalue weighted by atomic mass is 9.97. The molecule has 2 N–H and O–H groups in total. The van der Waals surface area contributed by atoms with Gasteiger partial charge in [-0.15, -0.1) is 0 Å². The number of rotatable bonds is 6. The fraction of sp³-hybridized carbons (Fsp3) is 0.545. The van der Waals surface area contributed by atoms with Gasteiger partial charge in [0.15, 0.2) is 0 Å². The highest BCUT2D eigenvalue weighted by Crippen LogP contribution is 2.18. The van der Waals surface area contributed by atoms with Gasteiger partial charge in [0.2, 0.25) is 5.56 Å². The van der Waals surface area contributed by atoms with Gasteiger partial charge in [-0.25, -0.2) is 4.68 Å². The molecule has 2 aliphatic rings. The molecule has 2 aromatic rings. The number of hydrogen-bond acceptors (Lipinski definition) is 5. The van der Waals surface area contributed by atoms with Crippen molar-refractivity contribution in [3.05, 3.63) is 61.9 Å². The molecule has 0 aromatic carbocycles. The molecule has 1 saturated heterocycles. The Morgan fingerprint density at radius 3 is 2.87 bits per heavy atom. The zero-order chi connectivity index (χ0) is 20.9. The second-order valence-corrected chi connectivity index (χ2v) is 8.22. The number of nitrogens with zero attached hydrogens (tertiary/aromatic N) is 3. The maximum atomic E-state index is 12.4. The highest BCUT2D eigenvalue weighted by Gasteiger charge is 2.23. The Morgan fingerprint density at radius 2 is 2.00 bits per heavy atom. The van der Waals surface area contributed by atoms with Crippen molar-refractivity contribution in [2.45, 2.75) is 57.5 Å². The summed E-state index contributed by atoms with van der Waals surface area (Å²) < 4.78 is 1.60. The van der Waals surface area contributed by atoms with Crippen molar-refractivity contribution in [3.63, 3.8) is 0 Å². The zero-order valence-corrected chi connectivity index (χ0v) is 17.2. The first-order chi connectivity index (χ1) is 14.6. The van der Waals surface area contributed by atoms with Gasteiger partial charge in [-0.3, -0.25) is 19.3 Å². The topological polar surface area (TPSA) is 100 Å². The first-order valence-corrected chi connectivity index (χ1v) is 10.9. The number of aryl methyl sites for hydroxylation is 2. The van der Waals surface area contributed by atoms with Gasteiger partial charge in [0, 0.05) is 43.0 Å². The lowest BCUT2D eigenvalue weighted by Crippen LogP contribution is -2.48. The predicted octanol–water partition coefficient (Wildman–Crippen LogP) is 1.09. The second kappa shape index (κ2) is 9.38. The molecule has 160 valence electrons. The van der Waals surface area contributed by atoms with Gasteiger partial charge >= 0.3 is 0 Å². The molecule has 0 spiro atoms. The van der Waals surface area contributed by atoms with Gasteiger partial charge in [0.25, 0.3) is 11.5 Å². The number of likely N-dealkylation sites (tertiary alicyclic amines) is 1. The van der Waals surface area contributed by atoms with E-state index in [1.54, 1.807) is 16.8 Å². The third-order valence-electron chi connectivity index (χ3n) is 6.16. The number of hydrogen-bond donors (Lipinski definition) is 2. The predicted molar refractivity (Wildman–Crippen MR) is 114 cm³/mol. The van der Waals surface area contributed by atoms with E-state index < -0.39 is 0 Å². The number of piperidine rings is 1. The van der Waals surface area contributed by atoms with Crippen LogP contribution in [0.4, 0.5) is 0 Å². The summed E-state index contributed by atoms with van der Waals surface area (Å²) in [4.78, 5) is 41.1. The largest absolute Gasteiger partial charge is 0.350 e. The zero-order valence-electron chi connectivity index (χ0n) is 17.2. The van der Waals surface area contributed by atoms with Crippen LogP contribution in [0.3, 0.4) is 0 Å².